The van der Waals surface area contributed by atoms with Gasteiger partial charge in [0.05, 0.1) is 18.2 Å². The molecule has 0 saturated carbocycles. The molecule has 1 atom stereocenters. The summed E-state index contributed by atoms with van der Waals surface area (Å²) in [5.74, 6) is -2.93. The molecule has 1 unspecified atom stereocenters. The Balaban J connectivity index is 1.89. The molecule has 0 aliphatic carbocycles. The van der Waals surface area contributed by atoms with Gasteiger partial charge in [0.2, 0.25) is 0 Å². The Bertz CT molecular complexity index is 1140. The monoisotopic (exact) mass is 401 g/mol. The minimum Gasteiger partial charge on any atom is -0.481 e. The molecule has 0 radical (unpaired) electrons. The highest BCUT2D eigenvalue weighted by molar-refractivity contribution is 5.92. The number of aliphatic carboxylic acids is 1. The maximum Gasteiger partial charge on any atom is 0.305 e. The van der Waals surface area contributed by atoms with E-state index in [1.165, 1.54) is 36.4 Å². The highest BCUT2D eigenvalue weighted by atomic mass is 19.1. The molecule has 9 heteroatoms. The second-order valence-electron chi connectivity index (χ2n) is 6.45. The van der Waals surface area contributed by atoms with E-state index in [0.717, 1.165) is 16.8 Å². The summed E-state index contributed by atoms with van der Waals surface area (Å²) in [5, 5.41) is 14.3. The smallest absolute Gasteiger partial charge is 0.305 e. The summed E-state index contributed by atoms with van der Waals surface area (Å²) in [6, 6.07) is 9.12. The third-order valence-electron chi connectivity index (χ3n) is 4.32. The van der Waals surface area contributed by atoms with Crippen LogP contribution in [0.25, 0.3) is 5.69 Å². The fourth-order valence-electron chi connectivity index (χ4n) is 3.00. The van der Waals surface area contributed by atoms with Gasteiger partial charge in [0, 0.05) is 6.07 Å². The van der Waals surface area contributed by atoms with Crippen LogP contribution in [0.1, 0.15) is 34.1 Å². The van der Waals surface area contributed by atoms with Crippen LogP contribution in [0.2, 0.25) is 0 Å². The van der Waals surface area contributed by atoms with Gasteiger partial charge in [0.25, 0.3) is 11.5 Å². The van der Waals surface area contributed by atoms with Crippen molar-refractivity contribution in [1.29, 1.82) is 0 Å². The molecular weight excluding hydrogens is 384 g/mol. The molecule has 3 aromatic rings. The van der Waals surface area contributed by atoms with E-state index >= 15 is 0 Å². The molecule has 29 heavy (non-hydrogen) atoms. The Morgan fingerprint density at radius 2 is 1.86 bits per heavy atom. The predicted molar refractivity (Wildman–Crippen MR) is 99.9 cm³/mol. The van der Waals surface area contributed by atoms with Crippen molar-refractivity contribution in [2.45, 2.75) is 19.4 Å². The number of benzene rings is 2. The number of nitrogens with zero attached hydrogens (tertiary/aromatic N) is 1. The third-order valence-corrected chi connectivity index (χ3v) is 4.32. The molecule has 0 aliphatic rings. The van der Waals surface area contributed by atoms with E-state index in [2.05, 4.69) is 10.4 Å². The molecule has 3 rings (SSSR count). The van der Waals surface area contributed by atoms with Crippen LogP contribution in [0.4, 0.5) is 8.78 Å². The van der Waals surface area contributed by atoms with E-state index in [0.29, 0.717) is 11.1 Å². The fourth-order valence-corrected chi connectivity index (χ4v) is 3.00. The molecule has 1 amide bonds. The average molecular weight is 401 g/mol. The SMILES string of the molecule is Cc1cc(F)ccc1C(CC(=O)O)NC(=O)c1cc(=O)n(-c2cccc(F)c2)[nH]1. The lowest BCUT2D eigenvalue weighted by molar-refractivity contribution is -0.137. The van der Waals surface area contributed by atoms with Crippen molar-refractivity contribution in [3.8, 4) is 5.69 Å². The van der Waals surface area contributed by atoms with E-state index in [4.69, 9.17) is 0 Å². The van der Waals surface area contributed by atoms with Crippen LogP contribution in [-0.2, 0) is 4.79 Å². The molecule has 150 valence electrons. The first-order valence-corrected chi connectivity index (χ1v) is 8.61. The second-order valence-corrected chi connectivity index (χ2v) is 6.45. The number of hydrogen-bond donors (Lipinski definition) is 3. The minimum atomic E-state index is -1.16. The van der Waals surface area contributed by atoms with Gasteiger partial charge in [-0.25, -0.2) is 13.5 Å². The van der Waals surface area contributed by atoms with Crippen molar-refractivity contribution in [3.05, 3.63) is 87.3 Å². The van der Waals surface area contributed by atoms with Gasteiger partial charge < -0.3 is 10.4 Å². The van der Waals surface area contributed by atoms with Crippen molar-refractivity contribution in [1.82, 2.24) is 15.1 Å². The quantitative estimate of drug-likeness (QED) is 0.591. The molecule has 0 spiro atoms. The molecule has 3 N–H and O–H groups in total. The number of carboxylic acids is 1. The Hall–Kier alpha value is -3.75. The summed E-state index contributed by atoms with van der Waals surface area (Å²) in [7, 11) is 0. The van der Waals surface area contributed by atoms with Crippen LogP contribution < -0.4 is 10.9 Å². The molecule has 0 bridgehead atoms. The van der Waals surface area contributed by atoms with Gasteiger partial charge in [0.15, 0.2) is 0 Å². The van der Waals surface area contributed by atoms with Gasteiger partial charge in [0.1, 0.15) is 17.3 Å². The molecule has 1 heterocycles. The summed E-state index contributed by atoms with van der Waals surface area (Å²) in [5.41, 5.74) is 0.393. The fraction of sp³-hybridized carbons (Fsp3) is 0.150. The summed E-state index contributed by atoms with van der Waals surface area (Å²) < 4.78 is 27.8. The Morgan fingerprint density at radius 1 is 1.14 bits per heavy atom. The average Bonchev–Trinajstić information content (AvgIpc) is 3.03. The first-order valence-electron chi connectivity index (χ1n) is 8.61. The number of hydrogen-bond acceptors (Lipinski definition) is 3. The number of carboxylic acid groups (broad SMARTS) is 1. The zero-order valence-corrected chi connectivity index (χ0v) is 15.3. The van der Waals surface area contributed by atoms with E-state index in [9.17, 15) is 28.3 Å². The largest absolute Gasteiger partial charge is 0.481 e. The van der Waals surface area contributed by atoms with Gasteiger partial charge in [-0.2, -0.15) is 0 Å². The van der Waals surface area contributed by atoms with Gasteiger partial charge >= 0.3 is 5.97 Å². The molecule has 7 nitrogen and oxygen atoms in total. The van der Waals surface area contributed by atoms with Gasteiger partial charge in [-0.05, 0) is 48.4 Å². The summed E-state index contributed by atoms with van der Waals surface area (Å²) in [6.45, 7) is 1.60. The Morgan fingerprint density at radius 3 is 2.52 bits per heavy atom. The Labute approximate surface area is 163 Å². The number of aromatic amines is 1. The van der Waals surface area contributed by atoms with Crippen molar-refractivity contribution in [2.24, 2.45) is 0 Å². The third kappa shape index (κ3) is 4.57. The zero-order chi connectivity index (χ0) is 21.1. The summed E-state index contributed by atoms with van der Waals surface area (Å²) >= 11 is 0. The van der Waals surface area contributed by atoms with E-state index in [1.54, 1.807) is 6.92 Å². The van der Waals surface area contributed by atoms with E-state index in [1.807, 2.05) is 0 Å². The zero-order valence-electron chi connectivity index (χ0n) is 15.3. The number of carbonyl (C=O) groups excluding carboxylic acids is 1. The number of halogens is 2. The van der Waals surface area contributed by atoms with Crippen LogP contribution in [0.5, 0.6) is 0 Å². The number of aryl methyl sites for hydroxylation is 1. The van der Waals surface area contributed by atoms with Crippen LogP contribution in [0, 0.1) is 18.6 Å². The molecule has 2 aromatic carbocycles. The lowest BCUT2D eigenvalue weighted by Crippen LogP contribution is -2.31. The topological polar surface area (TPSA) is 104 Å². The van der Waals surface area contributed by atoms with Crippen LogP contribution in [-0.4, -0.2) is 26.8 Å². The molecule has 0 saturated heterocycles. The maximum atomic E-state index is 13.4. The Kier molecular flexibility index (Phi) is 5.58. The highest BCUT2D eigenvalue weighted by Crippen LogP contribution is 2.22. The lowest BCUT2D eigenvalue weighted by atomic mass is 9.98. The van der Waals surface area contributed by atoms with E-state index in [-0.39, 0.29) is 11.4 Å². The molecule has 1 aromatic heterocycles. The lowest BCUT2D eigenvalue weighted by Gasteiger charge is -2.19. The summed E-state index contributed by atoms with van der Waals surface area (Å²) in [4.78, 5) is 36.0. The first-order chi connectivity index (χ1) is 13.7. The van der Waals surface area contributed by atoms with Crippen LogP contribution in [0.15, 0.2) is 53.3 Å². The minimum absolute atomic E-state index is 0.130. The number of amides is 1. The van der Waals surface area contributed by atoms with Gasteiger partial charge in [-0.1, -0.05) is 12.1 Å². The van der Waals surface area contributed by atoms with Crippen molar-refractivity contribution in [3.63, 3.8) is 0 Å². The number of carbonyl (C=O) groups is 2. The van der Waals surface area contributed by atoms with Crippen LogP contribution in [0.3, 0.4) is 0 Å². The van der Waals surface area contributed by atoms with Gasteiger partial charge in [-0.15, -0.1) is 0 Å². The predicted octanol–water partition coefficient (Wildman–Crippen LogP) is 2.70. The first kappa shape index (κ1) is 20.0. The standard InChI is InChI=1S/C20H17F2N3O4/c1-11-7-13(22)5-6-15(11)16(10-19(27)28)23-20(29)17-9-18(26)25(24-17)14-4-2-3-12(21)8-14/h2-9,16,24H,10H2,1H3,(H,23,29)(H,27,28). The normalized spacial score (nSPS) is 11.8. The molecule has 0 aliphatic heterocycles. The summed E-state index contributed by atoms with van der Waals surface area (Å²) in [6.07, 6.45) is -0.437. The van der Waals surface area contributed by atoms with Gasteiger partial charge in [-0.3, -0.25) is 19.5 Å². The second kappa shape index (κ2) is 8.09. The molecular formula is C20H17F2N3O4. The van der Waals surface area contributed by atoms with Crippen LogP contribution >= 0.6 is 0 Å². The number of aromatic nitrogens is 2. The number of nitrogens with one attached hydrogen (secondary N) is 2. The van der Waals surface area contributed by atoms with Crippen molar-refractivity contribution >= 4 is 11.9 Å². The highest BCUT2D eigenvalue weighted by Gasteiger charge is 2.22. The maximum absolute atomic E-state index is 13.4. The van der Waals surface area contributed by atoms with Crippen molar-refractivity contribution < 1.29 is 23.5 Å². The number of rotatable bonds is 6. The molecule has 0 fully saturated rings. The van der Waals surface area contributed by atoms with Crippen molar-refractivity contribution in [2.75, 3.05) is 0 Å². The number of H-pyrrole nitrogens is 1. The van der Waals surface area contributed by atoms with E-state index < -0.39 is 41.5 Å².